The van der Waals surface area contributed by atoms with Crippen molar-refractivity contribution in [1.29, 1.82) is 0 Å². The Labute approximate surface area is 82.1 Å². The quantitative estimate of drug-likeness (QED) is 0.347. The fraction of sp³-hybridized carbons (Fsp3) is 0. The van der Waals surface area contributed by atoms with Crippen molar-refractivity contribution in [2.24, 2.45) is 0 Å². The first-order chi connectivity index (χ1) is 5.20. The van der Waals surface area contributed by atoms with E-state index in [9.17, 15) is 0 Å². The van der Waals surface area contributed by atoms with Gasteiger partial charge in [0.15, 0.2) is 0 Å². The molecule has 13 heteroatoms. The van der Waals surface area contributed by atoms with Crippen LogP contribution in [0.5, 0.6) is 0 Å². The summed E-state index contributed by atoms with van der Waals surface area (Å²) in [4.78, 5) is 25.1. The van der Waals surface area contributed by atoms with Gasteiger partial charge in [0, 0.05) is 20.1 Å². The molecule has 12 nitrogen and oxygen atoms in total. The smallest absolute Gasteiger partial charge is 0.291 e. The Balaban J connectivity index is -0.0000000450. The summed E-state index contributed by atoms with van der Waals surface area (Å²) in [6.07, 6.45) is 0. The van der Waals surface area contributed by atoms with Gasteiger partial charge in [0.05, 0.1) is 0 Å². The predicted octanol–water partition coefficient (Wildman–Crippen LogP) is -1.05. The molecule has 3 N–H and O–H groups in total. The Morgan fingerprint density at radius 2 is 0.692 bits per heavy atom. The van der Waals surface area contributed by atoms with Crippen molar-refractivity contribution in [2.75, 3.05) is 0 Å². The van der Waals surface area contributed by atoms with Crippen molar-refractivity contribution in [3.8, 4) is 0 Å². The van der Waals surface area contributed by atoms with Gasteiger partial charge >= 0.3 is 0 Å². The first-order valence-corrected chi connectivity index (χ1v) is 1.70. The van der Waals surface area contributed by atoms with Crippen molar-refractivity contribution in [1.82, 2.24) is 0 Å². The molecule has 0 bridgehead atoms. The van der Waals surface area contributed by atoms with E-state index in [1.54, 1.807) is 0 Å². The van der Waals surface area contributed by atoms with Crippen LogP contribution >= 0.6 is 0 Å². The standard InChI is InChI=1S/Ir.3HNO3/c;3*2-1(3)4/h;3*(H,2,3,4). The summed E-state index contributed by atoms with van der Waals surface area (Å²) < 4.78 is 0. The second kappa shape index (κ2) is 16.7. The zero-order chi connectivity index (χ0) is 10.7. The van der Waals surface area contributed by atoms with Crippen molar-refractivity contribution in [2.45, 2.75) is 0 Å². The summed E-state index contributed by atoms with van der Waals surface area (Å²) >= 11 is 0. The van der Waals surface area contributed by atoms with E-state index < -0.39 is 15.3 Å². The van der Waals surface area contributed by atoms with E-state index in [0.29, 0.717) is 0 Å². The predicted molar refractivity (Wildman–Crippen MR) is 26.3 cm³/mol. The second-order valence-corrected chi connectivity index (χ2v) is 0.714. The fourth-order valence-corrected chi connectivity index (χ4v) is 0. The zero-order valence-corrected chi connectivity index (χ0v) is 7.86. The number of rotatable bonds is 0. The van der Waals surface area contributed by atoms with Crippen LogP contribution in [0.4, 0.5) is 0 Å². The Morgan fingerprint density at radius 1 is 0.692 bits per heavy atom. The van der Waals surface area contributed by atoms with E-state index in [1.165, 1.54) is 0 Å². The SMILES string of the molecule is O=[N+]([O-])O.O=[N+]([O-])O.O=[N+]([O-])O.[Ir]. The van der Waals surface area contributed by atoms with E-state index in [1.807, 2.05) is 0 Å². The molecule has 0 aliphatic rings. The molecule has 0 aliphatic heterocycles. The number of hydrogen-bond donors (Lipinski definition) is 3. The number of hydrogen-bond acceptors (Lipinski definition) is 6. The Kier molecular flexibility index (Phi) is 28.9. The first-order valence-electron chi connectivity index (χ1n) is 1.70. The average Bonchev–Trinajstić information content (AvgIpc) is 1.54. The van der Waals surface area contributed by atoms with Gasteiger partial charge < -0.3 is 15.6 Å². The molecule has 0 fully saturated rings. The van der Waals surface area contributed by atoms with Crippen LogP contribution in [0.25, 0.3) is 0 Å². The van der Waals surface area contributed by atoms with Crippen molar-refractivity contribution >= 4 is 0 Å². The average molecular weight is 381 g/mol. The van der Waals surface area contributed by atoms with Crippen LogP contribution in [0.3, 0.4) is 0 Å². The van der Waals surface area contributed by atoms with E-state index in [-0.39, 0.29) is 20.1 Å². The van der Waals surface area contributed by atoms with E-state index >= 15 is 0 Å². The van der Waals surface area contributed by atoms with Gasteiger partial charge in [-0.2, -0.15) is 0 Å². The van der Waals surface area contributed by atoms with Gasteiger partial charge in [-0.1, -0.05) is 0 Å². The third-order valence-corrected chi connectivity index (χ3v) is 0. The van der Waals surface area contributed by atoms with Gasteiger partial charge in [0.25, 0.3) is 15.3 Å². The van der Waals surface area contributed by atoms with E-state index in [2.05, 4.69) is 0 Å². The van der Waals surface area contributed by atoms with Crippen LogP contribution in [0.15, 0.2) is 0 Å². The van der Waals surface area contributed by atoms with Gasteiger partial charge in [-0.15, -0.1) is 30.3 Å². The molecule has 0 amide bonds. The van der Waals surface area contributed by atoms with Gasteiger partial charge in [-0.25, -0.2) is 0 Å². The maximum Gasteiger partial charge on any atom is 0.291 e. The molecular formula is H3IrN3O9. The summed E-state index contributed by atoms with van der Waals surface area (Å²) in [5.74, 6) is 0. The molecule has 1 radical (unpaired) electrons. The van der Waals surface area contributed by atoms with Crippen molar-refractivity contribution < 1.29 is 51.0 Å². The molecule has 0 aromatic rings. The summed E-state index contributed by atoms with van der Waals surface area (Å²) in [5, 5.41) is 40.9. The van der Waals surface area contributed by atoms with Gasteiger partial charge in [0.2, 0.25) is 0 Å². The van der Waals surface area contributed by atoms with Crippen molar-refractivity contribution in [3.63, 3.8) is 0 Å². The summed E-state index contributed by atoms with van der Waals surface area (Å²) in [7, 11) is 0. The van der Waals surface area contributed by atoms with Crippen molar-refractivity contribution in [3.05, 3.63) is 30.3 Å². The molecule has 0 aliphatic carbocycles. The zero-order valence-electron chi connectivity index (χ0n) is 5.47. The monoisotopic (exact) mass is 382 g/mol. The molecule has 0 unspecified atom stereocenters. The number of nitrogens with zero attached hydrogens (tertiary/aromatic N) is 3. The molecule has 0 aromatic carbocycles. The van der Waals surface area contributed by atoms with Crippen LogP contribution < -0.4 is 0 Å². The molecule has 0 heterocycles. The maximum absolute atomic E-state index is 8.36. The van der Waals surface area contributed by atoms with Crippen LogP contribution in [0.2, 0.25) is 0 Å². The first kappa shape index (κ1) is 22.5. The van der Waals surface area contributed by atoms with Gasteiger partial charge in [-0.05, 0) is 0 Å². The minimum absolute atomic E-state index is 0. The third kappa shape index (κ3) is 228. The minimum Gasteiger partial charge on any atom is -0.328 e. The molecule has 81 valence electrons. The second-order valence-electron chi connectivity index (χ2n) is 0.714. The molecule has 0 rings (SSSR count). The minimum atomic E-state index is -1.50. The molecule has 13 heavy (non-hydrogen) atoms. The molecule has 0 aromatic heterocycles. The Morgan fingerprint density at radius 3 is 0.692 bits per heavy atom. The molecule has 0 saturated carbocycles. The van der Waals surface area contributed by atoms with Gasteiger partial charge in [-0.3, -0.25) is 0 Å². The summed E-state index contributed by atoms with van der Waals surface area (Å²) in [6.45, 7) is 0. The Hall–Kier alpha value is -1.75. The Bertz CT molecular complexity index is 112. The van der Waals surface area contributed by atoms with Crippen LogP contribution in [-0.4, -0.2) is 30.9 Å². The maximum atomic E-state index is 8.36. The van der Waals surface area contributed by atoms with Crippen LogP contribution in [-0.2, 0) is 20.1 Å². The topological polar surface area (TPSA) is 190 Å². The summed E-state index contributed by atoms with van der Waals surface area (Å²) in [5.41, 5.74) is 0. The largest absolute Gasteiger partial charge is 0.328 e. The molecular weight excluding hydrogens is 378 g/mol. The molecule has 0 saturated heterocycles. The van der Waals surface area contributed by atoms with Crippen LogP contribution in [0.1, 0.15) is 0 Å². The summed E-state index contributed by atoms with van der Waals surface area (Å²) in [6, 6.07) is 0. The van der Waals surface area contributed by atoms with E-state index in [4.69, 9.17) is 46.0 Å². The fourth-order valence-electron chi connectivity index (χ4n) is 0. The molecule has 0 atom stereocenters. The molecule has 0 spiro atoms. The van der Waals surface area contributed by atoms with E-state index in [0.717, 1.165) is 0 Å². The normalized spacial score (nSPS) is 5.54. The van der Waals surface area contributed by atoms with Crippen LogP contribution in [0, 0.1) is 30.3 Å². The van der Waals surface area contributed by atoms with Gasteiger partial charge in [0.1, 0.15) is 0 Å². The third-order valence-electron chi connectivity index (χ3n) is 0.